The molecule has 0 fully saturated rings. The van der Waals surface area contributed by atoms with Crippen LogP contribution in [0.5, 0.6) is 0 Å². The van der Waals surface area contributed by atoms with Gasteiger partial charge in [0.05, 0.1) is 0 Å². The normalized spacial score (nSPS) is 12.9. The quantitative estimate of drug-likeness (QED) is 0.836. The Labute approximate surface area is 87.7 Å². The molecule has 0 spiro atoms. The average Bonchev–Trinajstić information content (AvgIpc) is 2.06. The summed E-state index contributed by atoms with van der Waals surface area (Å²) in [5.41, 5.74) is 1.41. The van der Waals surface area contributed by atoms with Crippen LogP contribution in [0.4, 0.5) is 0 Å². The zero-order chi connectivity index (χ0) is 8.97. The number of benzene rings is 1. The third-order valence-corrected chi connectivity index (χ3v) is 2.67. The number of nitrogens with one attached hydrogen (secondary N) is 1. The Morgan fingerprint density at radius 3 is 2.42 bits per heavy atom. The van der Waals surface area contributed by atoms with Crippen LogP contribution in [0.1, 0.15) is 18.4 Å². The van der Waals surface area contributed by atoms with Crippen LogP contribution in [-0.2, 0) is 0 Å². The lowest BCUT2D eigenvalue weighted by molar-refractivity contribution is 0.678. The van der Waals surface area contributed by atoms with Crippen molar-refractivity contribution in [3.05, 3.63) is 33.4 Å². The fourth-order valence-corrected chi connectivity index (χ4v) is 1.57. The molecule has 0 aliphatic carbocycles. The van der Waals surface area contributed by atoms with Crippen molar-refractivity contribution in [2.75, 3.05) is 13.6 Å². The monoisotopic (exact) mass is 275 g/mol. The Hall–Kier alpha value is -0.0900. The van der Waals surface area contributed by atoms with E-state index in [0.29, 0.717) is 5.92 Å². The smallest absolute Gasteiger partial charge is 0.0130 e. The summed E-state index contributed by atoms with van der Waals surface area (Å²) >= 11 is 2.33. The summed E-state index contributed by atoms with van der Waals surface area (Å²) in [6, 6.07) is 8.71. The van der Waals surface area contributed by atoms with Gasteiger partial charge >= 0.3 is 0 Å². The Morgan fingerprint density at radius 1 is 1.33 bits per heavy atom. The van der Waals surface area contributed by atoms with Crippen molar-refractivity contribution in [2.45, 2.75) is 12.8 Å². The molecule has 1 atom stereocenters. The second kappa shape index (κ2) is 4.82. The summed E-state index contributed by atoms with van der Waals surface area (Å²) in [4.78, 5) is 0. The lowest BCUT2D eigenvalue weighted by Crippen LogP contribution is -2.14. The second-order valence-corrected chi connectivity index (χ2v) is 4.26. The third-order valence-electron chi connectivity index (χ3n) is 1.95. The fourth-order valence-electron chi connectivity index (χ4n) is 1.22. The van der Waals surface area contributed by atoms with Gasteiger partial charge in [0.1, 0.15) is 0 Å². The van der Waals surface area contributed by atoms with Crippen LogP contribution in [0.2, 0.25) is 0 Å². The van der Waals surface area contributed by atoms with Crippen molar-refractivity contribution in [3.63, 3.8) is 0 Å². The summed E-state index contributed by atoms with van der Waals surface area (Å²) < 4.78 is 1.30. The molecule has 1 rings (SSSR count). The van der Waals surface area contributed by atoms with E-state index in [0.717, 1.165) is 6.54 Å². The van der Waals surface area contributed by atoms with Crippen molar-refractivity contribution in [3.8, 4) is 0 Å². The predicted molar refractivity (Wildman–Crippen MR) is 61.5 cm³/mol. The second-order valence-electron chi connectivity index (χ2n) is 3.01. The lowest BCUT2D eigenvalue weighted by atomic mass is 10.0. The first-order valence-electron chi connectivity index (χ1n) is 4.14. The SMILES string of the molecule is CNCC(C)c1ccc(I)cc1. The molecule has 0 saturated carbocycles. The highest BCUT2D eigenvalue weighted by molar-refractivity contribution is 14.1. The molecular formula is C10H14IN. The highest BCUT2D eigenvalue weighted by atomic mass is 127. The van der Waals surface area contributed by atoms with Crippen LogP contribution in [0.3, 0.4) is 0 Å². The molecule has 0 amide bonds. The Balaban J connectivity index is 2.68. The van der Waals surface area contributed by atoms with E-state index >= 15 is 0 Å². The first-order valence-corrected chi connectivity index (χ1v) is 5.22. The molecule has 66 valence electrons. The van der Waals surface area contributed by atoms with Gasteiger partial charge in [0.15, 0.2) is 0 Å². The van der Waals surface area contributed by atoms with Gasteiger partial charge in [-0.1, -0.05) is 19.1 Å². The average molecular weight is 275 g/mol. The van der Waals surface area contributed by atoms with Crippen LogP contribution in [0, 0.1) is 3.57 Å². The van der Waals surface area contributed by atoms with Crippen LogP contribution in [-0.4, -0.2) is 13.6 Å². The van der Waals surface area contributed by atoms with Crippen LogP contribution in [0.25, 0.3) is 0 Å². The molecule has 0 aliphatic heterocycles. The van der Waals surface area contributed by atoms with E-state index in [9.17, 15) is 0 Å². The summed E-state index contributed by atoms with van der Waals surface area (Å²) in [5, 5.41) is 3.18. The Kier molecular flexibility index (Phi) is 4.01. The van der Waals surface area contributed by atoms with Crippen molar-refractivity contribution >= 4 is 22.6 Å². The molecule has 0 aliphatic rings. The highest BCUT2D eigenvalue weighted by Crippen LogP contribution is 2.15. The van der Waals surface area contributed by atoms with Gasteiger partial charge < -0.3 is 5.32 Å². The summed E-state index contributed by atoms with van der Waals surface area (Å²) in [6.07, 6.45) is 0. The van der Waals surface area contributed by atoms with Crippen molar-refractivity contribution < 1.29 is 0 Å². The van der Waals surface area contributed by atoms with Crippen LogP contribution in [0.15, 0.2) is 24.3 Å². The Bertz CT molecular complexity index is 230. The maximum atomic E-state index is 3.18. The molecule has 0 radical (unpaired) electrons. The Morgan fingerprint density at radius 2 is 1.92 bits per heavy atom. The van der Waals surface area contributed by atoms with Crippen LogP contribution < -0.4 is 5.32 Å². The minimum absolute atomic E-state index is 0.604. The molecule has 0 bridgehead atoms. The van der Waals surface area contributed by atoms with Crippen molar-refractivity contribution in [2.24, 2.45) is 0 Å². The van der Waals surface area contributed by atoms with Crippen molar-refractivity contribution in [1.82, 2.24) is 5.32 Å². The molecule has 12 heavy (non-hydrogen) atoms. The molecule has 1 N–H and O–H groups in total. The van der Waals surface area contributed by atoms with E-state index in [1.165, 1.54) is 9.13 Å². The number of likely N-dealkylation sites (N-methyl/N-ethyl adjacent to an activating group) is 1. The number of hydrogen-bond donors (Lipinski definition) is 1. The number of halogens is 1. The maximum absolute atomic E-state index is 3.18. The fraction of sp³-hybridized carbons (Fsp3) is 0.400. The minimum atomic E-state index is 0.604. The molecule has 0 heterocycles. The molecule has 1 aromatic rings. The zero-order valence-corrected chi connectivity index (χ0v) is 9.63. The first kappa shape index (κ1) is 9.99. The van der Waals surface area contributed by atoms with Gasteiger partial charge in [0, 0.05) is 10.1 Å². The van der Waals surface area contributed by atoms with E-state index in [2.05, 4.69) is 59.1 Å². The van der Waals surface area contributed by atoms with Gasteiger partial charge in [0.25, 0.3) is 0 Å². The first-order chi connectivity index (χ1) is 5.74. The van der Waals surface area contributed by atoms with Gasteiger partial charge in [-0.3, -0.25) is 0 Å². The molecule has 1 unspecified atom stereocenters. The van der Waals surface area contributed by atoms with Gasteiger partial charge in [-0.05, 0) is 53.3 Å². The van der Waals surface area contributed by atoms with E-state index in [1.807, 2.05) is 7.05 Å². The largest absolute Gasteiger partial charge is 0.319 e. The summed E-state index contributed by atoms with van der Waals surface area (Å²) in [5.74, 6) is 0.604. The lowest BCUT2D eigenvalue weighted by Gasteiger charge is -2.10. The molecule has 1 nitrogen and oxygen atoms in total. The minimum Gasteiger partial charge on any atom is -0.319 e. The van der Waals surface area contributed by atoms with Gasteiger partial charge in [-0.2, -0.15) is 0 Å². The standard InChI is InChI=1S/C10H14IN/c1-8(7-12-2)9-3-5-10(11)6-4-9/h3-6,8,12H,7H2,1-2H3. The summed E-state index contributed by atoms with van der Waals surface area (Å²) in [6.45, 7) is 3.28. The predicted octanol–water partition coefficient (Wildman–Crippen LogP) is 2.61. The highest BCUT2D eigenvalue weighted by Gasteiger charge is 2.02. The summed E-state index contributed by atoms with van der Waals surface area (Å²) in [7, 11) is 1.99. The van der Waals surface area contributed by atoms with Crippen LogP contribution >= 0.6 is 22.6 Å². The number of hydrogen-bond acceptors (Lipinski definition) is 1. The van der Waals surface area contributed by atoms with Gasteiger partial charge in [-0.25, -0.2) is 0 Å². The topological polar surface area (TPSA) is 12.0 Å². The van der Waals surface area contributed by atoms with E-state index in [1.54, 1.807) is 0 Å². The maximum Gasteiger partial charge on any atom is 0.0130 e. The van der Waals surface area contributed by atoms with Crippen molar-refractivity contribution in [1.29, 1.82) is 0 Å². The molecule has 1 aromatic carbocycles. The third kappa shape index (κ3) is 2.75. The van der Waals surface area contributed by atoms with Gasteiger partial charge in [-0.15, -0.1) is 0 Å². The van der Waals surface area contributed by atoms with E-state index < -0.39 is 0 Å². The number of rotatable bonds is 3. The zero-order valence-electron chi connectivity index (χ0n) is 7.47. The van der Waals surface area contributed by atoms with E-state index in [4.69, 9.17) is 0 Å². The molecular weight excluding hydrogens is 261 g/mol. The van der Waals surface area contributed by atoms with Gasteiger partial charge in [0.2, 0.25) is 0 Å². The van der Waals surface area contributed by atoms with E-state index in [-0.39, 0.29) is 0 Å². The molecule has 0 aromatic heterocycles. The molecule has 2 heteroatoms. The molecule has 0 saturated heterocycles.